The van der Waals surface area contributed by atoms with Crippen LogP contribution >= 0.6 is 11.8 Å². The molecular formula is C26H22ClN4O+. The number of amidine groups is 1. The Kier molecular flexibility index (Phi) is 4.24. The van der Waals surface area contributed by atoms with Crippen LogP contribution in [0.4, 0.5) is 0 Å². The van der Waals surface area contributed by atoms with Gasteiger partial charge in [-0.3, -0.25) is 4.99 Å². The molecule has 1 aliphatic carbocycles. The number of aromatic nitrogens is 1. The Morgan fingerprint density at radius 1 is 1.03 bits per heavy atom. The van der Waals surface area contributed by atoms with Crippen LogP contribution in [-0.4, -0.2) is 31.7 Å². The monoisotopic (exact) mass is 441 g/mol. The van der Waals surface area contributed by atoms with Crippen LogP contribution in [0.2, 0.25) is 0 Å². The highest BCUT2D eigenvalue weighted by molar-refractivity contribution is 6.20. The van der Waals surface area contributed by atoms with Crippen molar-refractivity contribution < 1.29 is 9.11 Å². The molecule has 6 heteroatoms. The summed E-state index contributed by atoms with van der Waals surface area (Å²) < 4.78 is -0.0403. The molecule has 0 spiro atoms. The smallest absolute Gasteiger partial charge is 0.263 e. The maximum Gasteiger partial charge on any atom is 0.263 e. The van der Waals surface area contributed by atoms with E-state index < -0.39 is 5.60 Å². The molecule has 1 aromatic heterocycles. The van der Waals surface area contributed by atoms with Crippen molar-refractivity contribution in [1.82, 2.24) is 4.98 Å². The second kappa shape index (κ2) is 6.94. The Balaban J connectivity index is 1.44. The SMILES string of the molecule is CC1(O)CC(C2=C3C=NC=C[N+]3(Cl)C(c3ccc4ccc(-c5ccccc5)nc4c3)=N2)C1. The first kappa shape index (κ1) is 19.6. The maximum atomic E-state index is 10.3. The summed E-state index contributed by atoms with van der Waals surface area (Å²) in [5.74, 6) is 0.911. The van der Waals surface area contributed by atoms with E-state index in [1.807, 2.05) is 43.5 Å². The van der Waals surface area contributed by atoms with E-state index in [2.05, 4.69) is 35.3 Å². The van der Waals surface area contributed by atoms with Crippen LogP contribution in [0.1, 0.15) is 25.3 Å². The summed E-state index contributed by atoms with van der Waals surface area (Å²) >= 11 is 7.13. The third kappa shape index (κ3) is 3.05. The van der Waals surface area contributed by atoms with E-state index in [0.717, 1.165) is 45.0 Å². The van der Waals surface area contributed by atoms with Crippen LogP contribution < -0.4 is 0 Å². The second-order valence-corrected chi connectivity index (χ2v) is 9.52. The Morgan fingerprint density at radius 2 is 1.81 bits per heavy atom. The zero-order valence-electron chi connectivity index (χ0n) is 17.6. The number of allylic oxidation sites excluding steroid dienone is 2. The number of aliphatic hydroxyl groups is 1. The Labute approximate surface area is 191 Å². The lowest BCUT2D eigenvalue weighted by Crippen LogP contribution is -2.42. The molecule has 158 valence electrons. The molecule has 5 nitrogen and oxygen atoms in total. The molecule has 0 radical (unpaired) electrons. The van der Waals surface area contributed by atoms with Gasteiger partial charge in [-0.05, 0) is 38.0 Å². The lowest BCUT2D eigenvalue weighted by molar-refractivity contribution is -0.600. The van der Waals surface area contributed by atoms with Gasteiger partial charge in [-0.2, -0.15) is 4.99 Å². The maximum absolute atomic E-state index is 10.3. The number of aliphatic imine (C=N–C) groups is 2. The highest BCUT2D eigenvalue weighted by Gasteiger charge is 2.51. The number of quaternary nitrogens is 1. The Bertz CT molecular complexity index is 1370. The quantitative estimate of drug-likeness (QED) is 0.541. The van der Waals surface area contributed by atoms with Crippen LogP contribution in [0.5, 0.6) is 0 Å². The molecule has 0 amide bonds. The van der Waals surface area contributed by atoms with Crippen molar-refractivity contribution in [2.24, 2.45) is 15.9 Å². The molecule has 32 heavy (non-hydrogen) atoms. The van der Waals surface area contributed by atoms with Gasteiger partial charge in [-0.15, -0.1) is 4.00 Å². The number of hydrogen-bond donors (Lipinski definition) is 1. The molecule has 1 fully saturated rings. The Hall–Kier alpha value is -3.12. The molecular weight excluding hydrogens is 420 g/mol. The van der Waals surface area contributed by atoms with Crippen LogP contribution in [0, 0.1) is 5.92 Å². The van der Waals surface area contributed by atoms with E-state index in [1.54, 1.807) is 12.4 Å². The molecule has 1 unspecified atom stereocenters. The van der Waals surface area contributed by atoms with Gasteiger partial charge in [0.15, 0.2) is 11.8 Å². The van der Waals surface area contributed by atoms with Gasteiger partial charge < -0.3 is 5.11 Å². The summed E-state index contributed by atoms with van der Waals surface area (Å²) in [7, 11) is 0. The lowest BCUT2D eigenvalue weighted by Gasteiger charge is -2.40. The van der Waals surface area contributed by atoms with E-state index in [-0.39, 0.29) is 9.92 Å². The van der Waals surface area contributed by atoms with Crippen molar-refractivity contribution in [3.05, 3.63) is 90.0 Å². The average Bonchev–Trinajstić information content (AvgIpc) is 3.10. The van der Waals surface area contributed by atoms with Gasteiger partial charge in [-0.1, -0.05) is 42.5 Å². The summed E-state index contributed by atoms with van der Waals surface area (Å²) in [5.41, 5.74) is 4.96. The van der Waals surface area contributed by atoms with Crippen molar-refractivity contribution in [2.45, 2.75) is 25.4 Å². The topological polar surface area (TPSA) is 57.8 Å². The molecule has 3 heterocycles. The second-order valence-electron chi connectivity index (χ2n) is 8.99. The van der Waals surface area contributed by atoms with Gasteiger partial charge in [0.2, 0.25) is 5.70 Å². The largest absolute Gasteiger partial charge is 0.390 e. The molecule has 1 saturated carbocycles. The van der Waals surface area contributed by atoms with Gasteiger partial charge in [0, 0.05) is 16.9 Å². The third-order valence-electron chi connectivity index (χ3n) is 6.48. The zero-order chi connectivity index (χ0) is 21.9. The third-order valence-corrected chi connectivity index (χ3v) is 6.94. The van der Waals surface area contributed by atoms with Crippen LogP contribution in [0.15, 0.2) is 94.4 Å². The summed E-state index contributed by atoms with van der Waals surface area (Å²) in [6, 6.07) is 20.5. The number of pyridine rings is 1. The van der Waals surface area contributed by atoms with Crippen LogP contribution in [-0.2, 0) is 0 Å². The van der Waals surface area contributed by atoms with Gasteiger partial charge in [-0.25, -0.2) is 4.98 Å². The fourth-order valence-electron chi connectivity index (χ4n) is 4.84. The average molecular weight is 442 g/mol. The highest BCUT2D eigenvalue weighted by atomic mass is 35.5. The van der Waals surface area contributed by atoms with E-state index in [0.29, 0.717) is 12.8 Å². The number of hydrogen-bond acceptors (Lipinski definition) is 4. The minimum atomic E-state index is -0.638. The first-order valence-electron chi connectivity index (χ1n) is 10.8. The highest BCUT2D eigenvalue weighted by Crippen LogP contribution is 2.48. The molecule has 3 aromatic rings. The number of benzene rings is 2. The zero-order valence-corrected chi connectivity index (χ0v) is 18.4. The fourth-order valence-corrected chi connectivity index (χ4v) is 5.16. The van der Waals surface area contributed by atoms with E-state index >= 15 is 0 Å². The number of halogens is 1. The van der Waals surface area contributed by atoms with Gasteiger partial charge in [0.25, 0.3) is 5.84 Å². The molecule has 1 N–H and O–H groups in total. The summed E-state index contributed by atoms with van der Waals surface area (Å²) in [4.78, 5) is 14.2. The normalized spacial score (nSPS) is 28.6. The Morgan fingerprint density at radius 3 is 2.59 bits per heavy atom. The first-order valence-corrected chi connectivity index (χ1v) is 11.1. The molecule has 2 aromatic carbocycles. The van der Waals surface area contributed by atoms with Gasteiger partial charge in [0.1, 0.15) is 11.9 Å². The van der Waals surface area contributed by atoms with Crippen molar-refractivity contribution >= 4 is 34.7 Å². The predicted octanol–water partition coefficient (Wildman–Crippen LogP) is 5.56. The van der Waals surface area contributed by atoms with Crippen LogP contribution in [0.3, 0.4) is 0 Å². The first-order chi connectivity index (χ1) is 15.4. The minimum Gasteiger partial charge on any atom is -0.390 e. The predicted molar refractivity (Wildman–Crippen MR) is 128 cm³/mol. The van der Waals surface area contributed by atoms with Crippen molar-refractivity contribution in [3.8, 4) is 11.3 Å². The standard InChI is InChI=1S/C26H22ClN4O/c1-26(32)14-20(15-26)24-23-16-28-11-12-31(23,27)25(30-24)19-8-7-18-9-10-21(29-22(18)13-19)17-5-3-2-4-6-17/h2-13,16,20,32H,14-15H2,1H3/q+1. The van der Waals surface area contributed by atoms with Gasteiger partial charge in [0.05, 0.1) is 34.8 Å². The number of rotatable bonds is 3. The van der Waals surface area contributed by atoms with E-state index in [9.17, 15) is 5.11 Å². The molecule has 0 saturated heterocycles. The van der Waals surface area contributed by atoms with Crippen molar-refractivity contribution in [2.75, 3.05) is 0 Å². The minimum absolute atomic E-state index is 0.0403. The number of fused-ring (bicyclic) bond motifs is 2. The van der Waals surface area contributed by atoms with Gasteiger partial charge >= 0.3 is 0 Å². The molecule has 3 aliphatic rings. The molecule has 2 aliphatic heterocycles. The molecule has 0 bridgehead atoms. The van der Waals surface area contributed by atoms with Crippen molar-refractivity contribution in [1.29, 1.82) is 0 Å². The van der Waals surface area contributed by atoms with E-state index in [1.165, 1.54) is 0 Å². The summed E-state index contributed by atoms with van der Waals surface area (Å²) in [6.45, 7) is 1.87. The summed E-state index contributed by atoms with van der Waals surface area (Å²) in [6.07, 6.45) is 6.70. The lowest BCUT2D eigenvalue weighted by atomic mass is 9.70. The molecule has 6 rings (SSSR count). The summed E-state index contributed by atoms with van der Waals surface area (Å²) in [5, 5.41) is 11.3. The number of nitrogens with zero attached hydrogens (tertiary/aromatic N) is 4. The van der Waals surface area contributed by atoms with E-state index in [4.69, 9.17) is 21.8 Å². The fraction of sp³-hybridized carbons (Fsp3) is 0.192. The molecule has 1 atom stereocenters. The van der Waals surface area contributed by atoms with Crippen molar-refractivity contribution in [3.63, 3.8) is 0 Å². The van der Waals surface area contributed by atoms with Crippen LogP contribution in [0.25, 0.3) is 22.2 Å².